The summed E-state index contributed by atoms with van der Waals surface area (Å²) >= 11 is 0. The zero-order valence-electron chi connectivity index (χ0n) is 7.34. The second-order valence-electron chi connectivity index (χ2n) is 4.04. The zero-order chi connectivity index (χ0) is 7.68. The third-order valence-corrected chi connectivity index (χ3v) is 2.97. The Bertz CT molecular complexity index is 132. The Hall–Kier alpha value is -0.0800. The Labute approximate surface area is 69.0 Å². The van der Waals surface area contributed by atoms with Crippen LogP contribution < -0.4 is 5.32 Å². The van der Waals surface area contributed by atoms with Crippen LogP contribution in [0, 0.1) is 0 Å². The van der Waals surface area contributed by atoms with Gasteiger partial charge in [-0.15, -0.1) is 0 Å². The van der Waals surface area contributed by atoms with E-state index in [2.05, 4.69) is 17.3 Å². The van der Waals surface area contributed by atoms with Gasteiger partial charge in [0, 0.05) is 18.6 Å². The van der Waals surface area contributed by atoms with Gasteiger partial charge in [-0.2, -0.15) is 0 Å². The summed E-state index contributed by atoms with van der Waals surface area (Å²) in [5.74, 6) is 0. The summed E-state index contributed by atoms with van der Waals surface area (Å²) in [6.45, 7) is 2.54. The fourth-order valence-electron chi connectivity index (χ4n) is 1.98. The van der Waals surface area contributed by atoms with Gasteiger partial charge >= 0.3 is 0 Å². The van der Waals surface area contributed by atoms with E-state index in [-0.39, 0.29) is 0 Å². The molecule has 1 saturated heterocycles. The average Bonchev–Trinajstić information content (AvgIpc) is 2.27. The van der Waals surface area contributed by atoms with Crippen LogP contribution in [0.15, 0.2) is 0 Å². The Balaban J connectivity index is 1.70. The first kappa shape index (κ1) is 7.56. The van der Waals surface area contributed by atoms with Crippen molar-refractivity contribution in [2.75, 3.05) is 20.1 Å². The van der Waals surface area contributed by atoms with Gasteiger partial charge in [0.25, 0.3) is 0 Å². The first-order valence-electron chi connectivity index (χ1n) is 4.79. The number of nitrogens with one attached hydrogen (secondary N) is 1. The average molecular weight is 154 g/mol. The predicted molar refractivity (Wildman–Crippen MR) is 46.7 cm³/mol. The molecule has 2 nitrogen and oxygen atoms in total. The normalized spacial score (nSPS) is 34.1. The summed E-state index contributed by atoms with van der Waals surface area (Å²) in [7, 11) is 2.21. The number of likely N-dealkylation sites (N-methyl/N-ethyl adjacent to an activating group) is 1. The molecule has 0 aromatic carbocycles. The lowest BCUT2D eigenvalue weighted by molar-refractivity contribution is 0.299. The van der Waals surface area contributed by atoms with Crippen LogP contribution in [0.25, 0.3) is 0 Å². The van der Waals surface area contributed by atoms with E-state index in [1.807, 2.05) is 0 Å². The maximum Gasteiger partial charge on any atom is 0.0209 e. The summed E-state index contributed by atoms with van der Waals surface area (Å²) in [5.41, 5.74) is 0. The minimum atomic E-state index is 0.797. The second-order valence-corrected chi connectivity index (χ2v) is 4.04. The summed E-state index contributed by atoms with van der Waals surface area (Å²) in [6.07, 6.45) is 5.63. The molecule has 64 valence electrons. The van der Waals surface area contributed by atoms with Crippen LogP contribution in [0.5, 0.6) is 0 Å². The van der Waals surface area contributed by atoms with E-state index in [0.29, 0.717) is 0 Å². The SMILES string of the molecule is CN1CCC(NC2CCC2)C1. The van der Waals surface area contributed by atoms with Crippen LogP contribution in [0.3, 0.4) is 0 Å². The monoisotopic (exact) mass is 154 g/mol. The molecule has 0 spiro atoms. The van der Waals surface area contributed by atoms with Crippen LogP contribution >= 0.6 is 0 Å². The molecule has 0 aromatic heterocycles. The highest BCUT2D eigenvalue weighted by molar-refractivity contribution is 4.85. The van der Waals surface area contributed by atoms with Gasteiger partial charge in [-0.25, -0.2) is 0 Å². The van der Waals surface area contributed by atoms with Gasteiger partial charge in [-0.05, 0) is 32.9 Å². The maximum atomic E-state index is 3.70. The van der Waals surface area contributed by atoms with Crippen molar-refractivity contribution in [3.63, 3.8) is 0 Å². The minimum Gasteiger partial charge on any atom is -0.310 e. The lowest BCUT2D eigenvalue weighted by Gasteiger charge is -2.29. The summed E-state index contributed by atoms with van der Waals surface area (Å²) in [6, 6.07) is 1.66. The number of hydrogen-bond acceptors (Lipinski definition) is 2. The van der Waals surface area contributed by atoms with E-state index in [9.17, 15) is 0 Å². The summed E-state index contributed by atoms with van der Waals surface area (Å²) in [4.78, 5) is 2.41. The highest BCUT2D eigenvalue weighted by atomic mass is 15.2. The molecule has 0 radical (unpaired) electrons. The molecular formula is C9H18N2. The molecule has 1 aliphatic heterocycles. The molecule has 0 aromatic rings. The Morgan fingerprint density at radius 2 is 2.00 bits per heavy atom. The first-order valence-corrected chi connectivity index (χ1v) is 4.79. The van der Waals surface area contributed by atoms with Crippen molar-refractivity contribution in [2.24, 2.45) is 0 Å². The third kappa shape index (κ3) is 1.74. The predicted octanol–water partition coefficient (Wildman–Crippen LogP) is 0.833. The summed E-state index contributed by atoms with van der Waals surface area (Å²) in [5, 5.41) is 3.70. The first-order chi connectivity index (χ1) is 5.34. The van der Waals surface area contributed by atoms with Crippen LogP contribution in [-0.2, 0) is 0 Å². The molecule has 2 rings (SSSR count). The highest BCUT2D eigenvalue weighted by Crippen LogP contribution is 2.20. The molecule has 1 heterocycles. The van der Waals surface area contributed by atoms with Crippen LogP contribution in [0.1, 0.15) is 25.7 Å². The fourth-order valence-corrected chi connectivity index (χ4v) is 1.98. The number of hydrogen-bond donors (Lipinski definition) is 1. The van der Waals surface area contributed by atoms with E-state index in [4.69, 9.17) is 0 Å². The van der Waals surface area contributed by atoms with Gasteiger partial charge in [0.1, 0.15) is 0 Å². The highest BCUT2D eigenvalue weighted by Gasteiger charge is 2.24. The van der Waals surface area contributed by atoms with E-state index in [0.717, 1.165) is 12.1 Å². The molecule has 11 heavy (non-hydrogen) atoms. The quantitative estimate of drug-likeness (QED) is 0.634. The van der Waals surface area contributed by atoms with Gasteiger partial charge in [0.05, 0.1) is 0 Å². The van der Waals surface area contributed by atoms with Crippen molar-refractivity contribution in [2.45, 2.75) is 37.8 Å². The summed E-state index contributed by atoms with van der Waals surface area (Å²) < 4.78 is 0. The second kappa shape index (κ2) is 3.11. The number of rotatable bonds is 2. The van der Waals surface area contributed by atoms with Gasteiger partial charge < -0.3 is 10.2 Å². The van der Waals surface area contributed by atoms with E-state index in [1.54, 1.807) is 0 Å². The van der Waals surface area contributed by atoms with Crippen LogP contribution in [0.2, 0.25) is 0 Å². The van der Waals surface area contributed by atoms with Gasteiger partial charge in [-0.3, -0.25) is 0 Å². The molecule has 2 fully saturated rings. The lowest BCUT2D eigenvalue weighted by atomic mass is 9.92. The molecule has 2 heteroatoms. The standard InChI is InChI=1S/C9H18N2/c1-11-6-5-9(7-11)10-8-3-2-4-8/h8-10H,2-7H2,1H3. The van der Waals surface area contributed by atoms with Crippen molar-refractivity contribution in [1.29, 1.82) is 0 Å². The van der Waals surface area contributed by atoms with E-state index in [1.165, 1.54) is 38.8 Å². The Morgan fingerprint density at radius 3 is 2.45 bits per heavy atom. The third-order valence-electron chi connectivity index (χ3n) is 2.97. The van der Waals surface area contributed by atoms with Crippen molar-refractivity contribution < 1.29 is 0 Å². The molecule has 1 N–H and O–H groups in total. The van der Waals surface area contributed by atoms with E-state index >= 15 is 0 Å². The molecule has 1 aliphatic carbocycles. The van der Waals surface area contributed by atoms with Crippen LogP contribution in [-0.4, -0.2) is 37.1 Å². The smallest absolute Gasteiger partial charge is 0.0209 e. The van der Waals surface area contributed by atoms with Crippen molar-refractivity contribution in [1.82, 2.24) is 10.2 Å². The molecule has 1 saturated carbocycles. The lowest BCUT2D eigenvalue weighted by Crippen LogP contribution is -2.43. The largest absolute Gasteiger partial charge is 0.310 e. The van der Waals surface area contributed by atoms with E-state index < -0.39 is 0 Å². The topological polar surface area (TPSA) is 15.3 Å². The maximum absolute atomic E-state index is 3.70. The van der Waals surface area contributed by atoms with Gasteiger partial charge in [0.2, 0.25) is 0 Å². The Kier molecular flexibility index (Phi) is 2.14. The van der Waals surface area contributed by atoms with Crippen LogP contribution in [0.4, 0.5) is 0 Å². The molecule has 2 aliphatic rings. The minimum absolute atomic E-state index is 0.797. The van der Waals surface area contributed by atoms with Crippen molar-refractivity contribution in [3.8, 4) is 0 Å². The number of likely N-dealkylation sites (tertiary alicyclic amines) is 1. The molecule has 0 bridgehead atoms. The molecule has 1 atom stereocenters. The van der Waals surface area contributed by atoms with Crippen molar-refractivity contribution in [3.05, 3.63) is 0 Å². The number of nitrogens with zero attached hydrogens (tertiary/aromatic N) is 1. The Morgan fingerprint density at radius 1 is 1.18 bits per heavy atom. The fraction of sp³-hybridized carbons (Fsp3) is 1.00. The molecule has 0 amide bonds. The van der Waals surface area contributed by atoms with Gasteiger partial charge in [0.15, 0.2) is 0 Å². The zero-order valence-corrected chi connectivity index (χ0v) is 7.34. The molecule has 1 unspecified atom stereocenters. The van der Waals surface area contributed by atoms with Crippen molar-refractivity contribution >= 4 is 0 Å². The van der Waals surface area contributed by atoms with Gasteiger partial charge in [-0.1, -0.05) is 6.42 Å². The molecular weight excluding hydrogens is 136 g/mol.